The molecular weight excluding hydrogens is 1920 g/mol. The Morgan fingerprint density at radius 3 is 1.06 bits per heavy atom. The monoisotopic (exact) mass is 2030 g/mol. The number of imidazole rings is 4. The van der Waals surface area contributed by atoms with E-state index in [1.54, 1.807) is 93.8 Å². The predicted octanol–water partition coefficient (Wildman–Crippen LogP) is 14.6. The lowest BCUT2D eigenvalue weighted by atomic mass is 10.1. The number of methoxy groups -OCH3 is 1. The molecule has 25 heterocycles. The first-order chi connectivity index (χ1) is 71.5. The van der Waals surface area contributed by atoms with Crippen molar-refractivity contribution in [3.05, 3.63) is 328 Å². The molecule has 0 bridgehead atoms. The summed E-state index contributed by atoms with van der Waals surface area (Å²) in [5, 5.41) is 4.32. The molecule has 38 heteroatoms. The van der Waals surface area contributed by atoms with Gasteiger partial charge >= 0.3 is 0 Å². The Kier molecular flexibility index (Phi) is 26.7. The normalized spacial score (nSPS) is 17.9. The Morgan fingerprint density at radius 2 is 0.682 bits per heavy atom. The van der Waals surface area contributed by atoms with E-state index in [0.717, 1.165) is 172 Å². The van der Waals surface area contributed by atoms with Crippen LogP contribution in [0.1, 0.15) is 74.4 Å². The van der Waals surface area contributed by atoms with Crippen molar-refractivity contribution in [1.82, 2.24) is 109 Å². The van der Waals surface area contributed by atoms with Gasteiger partial charge in [-0.3, -0.25) is 55.8 Å². The van der Waals surface area contributed by atoms with Crippen LogP contribution in [-0.4, -0.2) is 254 Å². The highest BCUT2D eigenvalue weighted by Gasteiger charge is 2.34. The lowest BCUT2D eigenvalue weighted by Crippen LogP contribution is -2.50. The summed E-state index contributed by atoms with van der Waals surface area (Å²) >= 11 is 12.9. The highest BCUT2D eigenvalue weighted by atomic mass is 35.5. The van der Waals surface area contributed by atoms with Gasteiger partial charge < -0.3 is 57.1 Å². The average molecular weight is 2030 g/mol. The maximum absolute atomic E-state index is 14.5. The number of hydrogen-bond donors (Lipinski definition) is 1. The Bertz CT molecular complexity index is 8400. The number of fused-ring (bicyclic) bond motifs is 11. The van der Waals surface area contributed by atoms with Crippen molar-refractivity contribution in [2.75, 3.05) is 146 Å². The first-order valence-electron chi connectivity index (χ1n) is 49.9. The third-order valence-electron chi connectivity index (χ3n) is 29.4. The van der Waals surface area contributed by atoms with Gasteiger partial charge in [0.1, 0.15) is 28.2 Å². The average Bonchev–Trinajstić information content (AvgIpc) is 1.64. The van der Waals surface area contributed by atoms with Crippen molar-refractivity contribution >= 4 is 102 Å². The molecule has 148 heavy (non-hydrogen) atoms. The first kappa shape index (κ1) is 97.4. The Balaban J connectivity index is 0.000000105. The van der Waals surface area contributed by atoms with Crippen molar-refractivity contribution in [1.29, 1.82) is 0 Å². The number of halogens is 5. The summed E-state index contributed by atoms with van der Waals surface area (Å²) in [5.74, 6) is -1.14. The molecular formula is C110H110Cl2F3N27O6. The fraction of sp³-hybridized carbons (Fsp3) is 0.309. The van der Waals surface area contributed by atoms with Crippen LogP contribution >= 0.6 is 23.2 Å². The number of ether oxygens (including phenoxy) is 1. The van der Waals surface area contributed by atoms with Gasteiger partial charge in [0, 0.05) is 242 Å². The molecule has 0 aliphatic carbocycles. The number of rotatable bonds is 11. The van der Waals surface area contributed by atoms with Gasteiger partial charge in [-0.25, -0.2) is 58.0 Å². The van der Waals surface area contributed by atoms with Gasteiger partial charge in [0.25, 0.3) is 27.8 Å². The van der Waals surface area contributed by atoms with Gasteiger partial charge in [0.2, 0.25) is 0 Å². The zero-order chi connectivity index (χ0) is 102. The highest BCUT2D eigenvalue weighted by Crippen LogP contribution is 2.35. The number of likely N-dealkylation sites (N-methyl/N-ethyl adjacent to an activating group) is 2. The van der Waals surface area contributed by atoms with Crippen LogP contribution in [0.4, 0.5) is 35.9 Å². The summed E-state index contributed by atoms with van der Waals surface area (Å²) in [5.41, 5.74) is 19.4. The van der Waals surface area contributed by atoms with E-state index in [9.17, 15) is 37.1 Å². The van der Waals surface area contributed by atoms with E-state index in [1.165, 1.54) is 80.6 Å². The molecule has 19 aromatic rings. The fourth-order valence-electron chi connectivity index (χ4n) is 21.1. The number of hydrogen-bond acceptors (Lipinski definition) is 24. The molecule has 0 amide bonds. The summed E-state index contributed by atoms with van der Waals surface area (Å²) in [4.78, 5) is 124. The summed E-state index contributed by atoms with van der Waals surface area (Å²) in [6.07, 6.45) is 31.9. The molecule has 756 valence electrons. The Labute approximate surface area is 857 Å². The van der Waals surface area contributed by atoms with Crippen LogP contribution in [0.15, 0.2) is 244 Å². The Morgan fingerprint density at radius 1 is 0.345 bits per heavy atom. The van der Waals surface area contributed by atoms with Crippen LogP contribution < -0.4 is 57.4 Å². The van der Waals surface area contributed by atoms with Gasteiger partial charge in [0.05, 0.1) is 91.1 Å². The van der Waals surface area contributed by atoms with Gasteiger partial charge in [-0.1, -0.05) is 35.3 Å². The second-order valence-electron chi connectivity index (χ2n) is 39.4. The molecule has 7 aliphatic rings. The third-order valence-corrected chi connectivity index (χ3v) is 29.9. The van der Waals surface area contributed by atoms with E-state index in [0.29, 0.717) is 113 Å². The van der Waals surface area contributed by atoms with E-state index < -0.39 is 17.5 Å². The summed E-state index contributed by atoms with van der Waals surface area (Å²) in [7, 11) is 5.68. The number of piperazine rings is 4. The van der Waals surface area contributed by atoms with E-state index in [4.69, 9.17) is 37.9 Å². The third kappa shape index (κ3) is 19.9. The maximum Gasteiger partial charge on any atom is 0.258 e. The minimum atomic E-state index is -0.442. The van der Waals surface area contributed by atoms with E-state index in [1.807, 2.05) is 141 Å². The quantitative estimate of drug-likeness (QED) is 0.126. The molecule has 0 saturated carbocycles. The number of anilines is 4. The van der Waals surface area contributed by atoms with Crippen LogP contribution in [0.5, 0.6) is 5.75 Å². The van der Waals surface area contributed by atoms with E-state index in [2.05, 4.69) is 126 Å². The standard InChI is InChI=1S/2C23H23ClN6O.2C22H23FN6O.C20H18FN3O2/c2*1-15-11-29-12-16(9-19(24)23(29)25-15)20-10-22(31)30-14-18(4-5-21(30)26-20)28-8-7-27-6-2-3-17(27)13-28;2*1-14-10-28-12-16(8-18(23)22(28)24-14)19-9-21(30)29-13-17(4-5-20(29)25-19)27-7-6-26(3)15(2)11-27;1-26-18-4-2-14(10-16(18)21)15-3-5-19-23-17(11-20(25)24(19)12-15)13-6-8-22-9-7-13/h2*4-5,9-12,14,17H,2-3,6-8,13H2,1H3;2*4-5,8-10,12-13,15H,6-7,11H2,1-3H3;2-6,10-12,22H,7-9H2,1H3/t2*17-;2*15-;/m1010./s1. The van der Waals surface area contributed by atoms with E-state index in [-0.39, 0.29) is 44.8 Å². The number of aryl methyl sites for hydroxylation is 4. The number of nitrogens with zero attached hydrogens (tertiary/aromatic N) is 26. The Hall–Kier alpha value is -15.3. The number of pyridine rings is 9. The van der Waals surface area contributed by atoms with Gasteiger partial charge in [-0.15, -0.1) is 0 Å². The molecule has 0 unspecified atom stereocenters. The van der Waals surface area contributed by atoms with Crippen LogP contribution in [-0.2, 0) is 0 Å². The minimum absolute atomic E-state index is 0.0978. The number of nitrogens with one attached hydrogen (secondary N) is 1. The summed E-state index contributed by atoms with van der Waals surface area (Å²) < 4.78 is 62.7. The molecule has 7 aliphatic heterocycles. The summed E-state index contributed by atoms with van der Waals surface area (Å²) in [6, 6.07) is 40.2. The lowest BCUT2D eigenvalue weighted by molar-refractivity contribution is 0.231. The summed E-state index contributed by atoms with van der Waals surface area (Å²) in [6.45, 7) is 27.8. The SMILES string of the molecule is COc1ccc(-c2ccc3nc(C4=CCNCC4)cc(=O)n3c2)cc1F.Cc1cn2cc(-c3cc(=O)n4cc(N5CCN(C)[C@@H](C)C5)ccc4n3)cc(F)c2n1.Cc1cn2cc(-c3cc(=O)n4cc(N5CCN(C)[C@H](C)C5)ccc4n3)cc(F)c2n1.Cc1cn2cc(-c3cc(=O)n4cc(N5CCN6CCC[C@@H]6C5)ccc4n3)cc(Cl)c2n1.Cc1cn2cc(-c3cc(=O)n4cc(N5CCN6CCC[C@H]6C5)ccc4n3)cc(Cl)c2n1. The molecule has 4 atom stereocenters. The second-order valence-corrected chi connectivity index (χ2v) is 40.2. The lowest BCUT2D eigenvalue weighted by Gasteiger charge is -2.39. The van der Waals surface area contributed by atoms with Crippen LogP contribution in [0.2, 0.25) is 10.0 Å². The van der Waals surface area contributed by atoms with Crippen molar-refractivity contribution in [3.8, 4) is 61.9 Å². The largest absolute Gasteiger partial charge is 0.494 e. The first-order valence-corrected chi connectivity index (χ1v) is 50.7. The zero-order valence-corrected chi connectivity index (χ0v) is 84.9. The molecule has 26 rings (SSSR count). The van der Waals surface area contributed by atoms with Crippen LogP contribution in [0, 0.1) is 45.1 Å². The van der Waals surface area contributed by atoms with Crippen molar-refractivity contribution in [2.45, 2.75) is 97.8 Å². The van der Waals surface area contributed by atoms with Gasteiger partial charge in [-0.2, -0.15) is 0 Å². The van der Waals surface area contributed by atoms with Crippen molar-refractivity contribution in [2.24, 2.45) is 0 Å². The topological polar surface area (TPSA) is 288 Å². The molecule has 1 aromatic carbocycles. The number of aromatic nitrogens is 18. The van der Waals surface area contributed by atoms with Gasteiger partial charge in [0.15, 0.2) is 45.8 Å². The van der Waals surface area contributed by atoms with E-state index >= 15 is 0 Å². The van der Waals surface area contributed by atoms with Crippen LogP contribution in [0.3, 0.4) is 0 Å². The second kappa shape index (κ2) is 40.5. The number of benzene rings is 1. The van der Waals surface area contributed by atoms with Gasteiger partial charge in [-0.05, 0) is 221 Å². The molecule has 1 N–H and O–H groups in total. The molecule has 0 radical (unpaired) electrons. The predicted molar refractivity (Wildman–Crippen MR) is 573 cm³/mol. The molecule has 6 fully saturated rings. The molecule has 6 saturated heterocycles. The molecule has 18 aromatic heterocycles. The molecule has 0 spiro atoms. The fourth-order valence-corrected chi connectivity index (χ4v) is 21.7. The van der Waals surface area contributed by atoms with Crippen molar-refractivity contribution in [3.63, 3.8) is 0 Å². The highest BCUT2D eigenvalue weighted by molar-refractivity contribution is 6.34. The smallest absolute Gasteiger partial charge is 0.258 e. The van der Waals surface area contributed by atoms with Crippen LogP contribution in [0.25, 0.3) is 113 Å². The maximum atomic E-state index is 14.5. The minimum Gasteiger partial charge on any atom is -0.494 e. The molecule has 33 nitrogen and oxygen atoms in total. The van der Waals surface area contributed by atoms with Crippen molar-refractivity contribution < 1.29 is 17.9 Å². The zero-order valence-electron chi connectivity index (χ0n) is 83.4.